The van der Waals surface area contributed by atoms with Gasteiger partial charge in [-0.3, -0.25) is 0 Å². The number of rotatable bonds is 6. The van der Waals surface area contributed by atoms with E-state index < -0.39 is 8.32 Å². The molecule has 118 valence electrons. The van der Waals surface area contributed by atoms with E-state index in [4.69, 9.17) is 9.16 Å². The van der Waals surface area contributed by atoms with Crippen LogP contribution >= 0.6 is 0 Å². The molecule has 0 aromatic heterocycles. The fourth-order valence-corrected chi connectivity index (χ4v) is 3.19. The molecule has 0 bridgehead atoms. The van der Waals surface area contributed by atoms with Gasteiger partial charge in [0, 0.05) is 12.5 Å². The van der Waals surface area contributed by atoms with Crippen LogP contribution < -0.4 is 0 Å². The van der Waals surface area contributed by atoms with Crippen molar-refractivity contribution < 1.29 is 14.0 Å². The number of carbonyl (C=O) groups excluding carboxylic acids is 1. The summed E-state index contributed by atoms with van der Waals surface area (Å²) in [7, 11) is -1.75. The van der Waals surface area contributed by atoms with Gasteiger partial charge in [0.1, 0.15) is 0 Å². The molecule has 0 aliphatic carbocycles. The molecule has 0 fully saturated rings. The summed E-state index contributed by atoms with van der Waals surface area (Å²) in [6.07, 6.45) is 0.833. The molecule has 1 aromatic carbocycles. The molecule has 0 N–H and O–H groups in total. The highest BCUT2D eigenvalue weighted by Gasteiger charge is 2.38. The molecule has 1 aromatic rings. The standard InChI is InChI=1S/C17H28O3Si/c1-14(20-21(5,6)17(2,3)4)12-13-19-16(18)15-10-8-7-9-11-15/h7-11,14H,12-13H2,1-6H3/t14-/m1/s1. The van der Waals surface area contributed by atoms with Gasteiger partial charge in [-0.15, -0.1) is 0 Å². The molecule has 1 rings (SSSR count). The zero-order valence-electron chi connectivity index (χ0n) is 14.1. The molecule has 0 unspecified atom stereocenters. The molecule has 0 spiro atoms. The fraction of sp³-hybridized carbons (Fsp3) is 0.588. The van der Waals surface area contributed by atoms with Crippen molar-refractivity contribution in [3.63, 3.8) is 0 Å². The van der Waals surface area contributed by atoms with Crippen molar-refractivity contribution in [2.24, 2.45) is 0 Å². The van der Waals surface area contributed by atoms with Crippen molar-refractivity contribution in [1.29, 1.82) is 0 Å². The molecule has 1 atom stereocenters. The normalized spacial score (nSPS) is 13.8. The van der Waals surface area contributed by atoms with Gasteiger partial charge in [0.15, 0.2) is 8.32 Å². The number of esters is 1. The molecule has 0 saturated carbocycles. The Morgan fingerprint density at radius 3 is 2.29 bits per heavy atom. The van der Waals surface area contributed by atoms with Crippen molar-refractivity contribution in [1.82, 2.24) is 0 Å². The van der Waals surface area contributed by atoms with Crippen molar-refractivity contribution in [3.05, 3.63) is 35.9 Å². The average molecular weight is 308 g/mol. The summed E-state index contributed by atoms with van der Waals surface area (Å²) >= 11 is 0. The molecule has 0 aliphatic rings. The highest BCUT2D eigenvalue weighted by molar-refractivity contribution is 6.74. The van der Waals surface area contributed by atoms with Crippen molar-refractivity contribution >= 4 is 14.3 Å². The summed E-state index contributed by atoms with van der Waals surface area (Å²) in [4.78, 5) is 11.8. The summed E-state index contributed by atoms with van der Waals surface area (Å²) in [6, 6.07) is 9.07. The minimum Gasteiger partial charge on any atom is -0.462 e. The lowest BCUT2D eigenvalue weighted by Crippen LogP contribution is -2.43. The quantitative estimate of drug-likeness (QED) is 0.567. The molecule has 0 heterocycles. The summed E-state index contributed by atoms with van der Waals surface area (Å²) < 4.78 is 11.5. The second-order valence-corrected chi connectivity index (χ2v) is 11.7. The van der Waals surface area contributed by atoms with Crippen LogP contribution in [0.3, 0.4) is 0 Å². The molecule has 0 amide bonds. The lowest BCUT2D eigenvalue weighted by atomic mass is 10.2. The van der Waals surface area contributed by atoms with E-state index in [1.165, 1.54) is 0 Å². The van der Waals surface area contributed by atoms with Crippen molar-refractivity contribution in [2.75, 3.05) is 6.61 Å². The second kappa shape index (κ2) is 7.23. The van der Waals surface area contributed by atoms with Crippen LogP contribution in [-0.4, -0.2) is 27.0 Å². The fourth-order valence-electron chi connectivity index (χ4n) is 1.71. The Kier molecular flexibility index (Phi) is 6.17. The first-order chi connectivity index (χ1) is 9.63. The van der Waals surface area contributed by atoms with Gasteiger partial charge >= 0.3 is 5.97 Å². The molecule has 4 heteroatoms. The van der Waals surface area contributed by atoms with Gasteiger partial charge in [-0.25, -0.2) is 4.79 Å². The molecule has 3 nitrogen and oxygen atoms in total. The van der Waals surface area contributed by atoms with E-state index in [2.05, 4.69) is 40.8 Å². The van der Waals surface area contributed by atoms with E-state index in [1.54, 1.807) is 12.1 Å². The number of carbonyl (C=O) groups is 1. The monoisotopic (exact) mass is 308 g/mol. The van der Waals surface area contributed by atoms with E-state index in [0.717, 1.165) is 6.42 Å². The predicted octanol–water partition coefficient (Wildman–Crippen LogP) is 4.64. The van der Waals surface area contributed by atoms with Gasteiger partial charge in [0.05, 0.1) is 12.2 Å². The van der Waals surface area contributed by atoms with Crippen LogP contribution in [0, 0.1) is 0 Å². The third kappa shape index (κ3) is 5.63. The molecule has 0 radical (unpaired) electrons. The van der Waals surface area contributed by atoms with Crippen LogP contribution in [-0.2, 0) is 9.16 Å². The lowest BCUT2D eigenvalue weighted by Gasteiger charge is -2.38. The largest absolute Gasteiger partial charge is 0.462 e. The molecular formula is C17H28O3Si. The molecule has 21 heavy (non-hydrogen) atoms. The Morgan fingerprint density at radius 1 is 1.19 bits per heavy atom. The van der Waals surface area contributed by atoms with Crippen LogP contribution in [0.15, 0.2) is 30.3 Å². The number of benzene rings is 1. The van der Waals surface area contributed by atoms with Crippen molar-refractivity contribution in [3.8, 4) is 0 Å². The van der Waals surface area contributed by atoms with E-state index in [1.807, 2.05) is 18.2 Å². The lowest BCUT2D eigenvalue weighted by molar-refractivity contribution is 0.0450. The maximum atomic E-state index is 11.8. The summed E-state index contributed by atoms with van der Waals surface area (Å²) in [5, 5.41) is 0.196. The molecule has 0 aliphatic heterocycles. The van der Waals surface area contributed by atoms with Gasteiger partial charge in [0.25, 0.3) is 0 Å². The minimum atomic E-state index is -1.75. The molecule has 0 saturated heterocycles. The Labute approximate surface area is 129 Å². The van der Waals surface area contributed by atoms with Gasteiger partial charge in [-0.05, 0) is 37.2 Å². The van der Waals surface area contributed by atoms with E-state index >= 15 is 0 Å². The third-order valence-electron chi connectivity index (χ3n) is 4.07. The Morgan fingerprint density at radius 2 is 1.76 bits per heavy atom. The van der Waals surface area contributed by atoms with E-state index in [0.29, 0.717) is 12.2 Å². The highest BCUT2D eigenvalue weighted by Crippen LogP contribution is 2.37. The van der Waals surface area contributed by atoms with Crippen LogP contribution in [0.25, 0.3) is 0 Å². The maximum absolute atomic E-state index is 11.8. The number of hydrogen-bond acceptors (Lipinski definition) is 3. The first-order valence-corrected chi connectivity index (χ1v) is 10.4. The zero-order chi connectivity index (χ0) is 16.1. The first kappa shape index (κ1) is 17.9. The first-order valence-electron chi connectivity index (χ1n) is 7.53. The summed E-state index contributed by atoms with van der Waals surface area (Å²) in [6.45, 7) is 13.6. The average Bonchev–Trinajstić information content (AvgIpc) is 2.37. The zero-order valence-corrected chi connectivity index (χ0v) is 15.1. The molecular weight excluding hydrogens is 280 g/mol. The van der Waals surface area contributed by atoms with Crippen LogP contribution in [0.5, 0.6) is 0 Å². The Bertz CT molecular complexity index is 449. The Hall–Kier alpha value is -1.13. The van der Waals surface area contributed by atoms with Gasteiger partial charge < -0.3 is 9.16 Å². The number of hydrogen-bond donors (Lipinski definition) is 0. The maximum Gasteiger partial charge on any atom is 0.338 e. The van der Waals surface area contributed by atoms with Crippen LogP contribution in [0.2, 0.25) is 18.1 Å². The smallest absolute Gasteiger partial charge is 0.338 e. The highest BCUT2D eigenvalue weighted by atomic mass is 28.4. The van der Waals surface area contributed by atoms with Gasteiger partial charge in [-0.1, -0.05) is 39.0 Å². The third-order valence-corrected chi connectivity index (χ3v) is 8.67. The van der Waals surface area contributed by atoms with E-state index in [9.17, 15) is 4.79 Å². The van der Waals surface area contributed by atoms with E-state index in [-0.39, 0.29) is 17.1 Å². The predicted molar refractivity (Wildman–Crippen MR) is 89.1 cm³/mol. The van der Waals surface area contributed by atoms with Crippen molar-refractivity contribution in [2.45, 2.75) is 58.4 Å². The van der Waals surface area contributed by atoms with Gasteiger partial charge in [0.2, 0.25) is 0 Å². The summed E-state index contributed by atoms with van der Waals surface area (Å²) in [5.41, 5.74) is 0.593. The van der Waals surface area contributed by atoms with Crippen LogP contribution in [0.4, 0.5) is 0 Å². The topological polar surface area (TPSA) is 35.5 Å². The van der Waals surface area contributed by atoms with Crippen LogP contribution in [0.1, 0.15) is 44.5 Å². The van der Waals surface area contributed by atoms with Gasteiger partial charge in [-0.2, -0.15) is 0 Å². The Balaban J connectivity index is 2.38. The summed E-state index contributed by atoms with van der Waals surface area (Å²) in [5.74, 6) is -0.268. The number of ether oxygens (including phenoxy) is 1. The minimum absolute atomic E-state index is 0.106. The SMILES string of the molecule is C[C@H](CCOC(=O)c1ccccc1)O[Si](C)(C)C(C)(C)C. The second-order valence-electron chi connectivity index (χ2n) is 6.98.